The molecule has 18 nitrogen and oxygen atoms in total. The predicted molar refractivity (Wildman–Crippen MR) is 94.1 cm³/mol. The molecule has 29 heavy (non-hydrogen) atoms. The van der Waals surface area contributed by atoms with Crippen molar-refractivity contribution < 1.29 is 77.8 Å². The van der Waals surface area contributed by atoms with E-state index in [-0.39, 0.29) is 147 Å². The minimum Gasteiger partial charge on any atom is -0.284 e. The second kappa shape index (κ2) is 14.7. The van der Waals surface area contributed by atoms with Crippen molar-refractivity contribution in [2.24, 2.45) is 0 Å². The molecule has 0 unspecified atom stereocenters. The molecule has 6 N–H and O–H groups in total. The molecule has 0 aliphatic rings. The molecular formula is C2H8Ba3O18S6. The van der Waals surface area contributed by atoms with E-state index in [1.165, 1.54) is 0 Å². The zero-order valence-corrected chi connectivity index (χ0v) is 31.5. The summed E-state index contributed by atoms with van der Waals surface area (Å²) in [5.41, 5.74) is 0. The van der Waals surface area contributed by atoms with Crippen LogP contribution in [0.4, 0.5) is 0 Å². The molecule has 0 heterocycles. The first-order chi connectivity index (χ1) is 10.7. The van der Waals surface area contributed by atoms with Gasteiger partial charge in [-0.2, -0.15) is 50.5 Å². The van der Waals surface area contributed by atoms with Gasteiger partial charge in [-0.05, 0) is 0 Å². The SMILES string of the molecule is O=S(=O)(O)C(S(=O)(=O)O)S(=O)(=O)O.O=S(=O)(O)C(S(=O)(=O)O)S(=O)(=O)O.[Ba].[Ba].[Ba]. The molecule has 0 aliphatic heterocycles. The van der Waals surface area contributed by atoms with Gasteiger partial charge in [-0.15, -0.1) is 0 Å². The van der Waals surface area contributed by atoms with Gasteiger partial charge >= 0.3 is 68.5 Å². The molecule has 0 saturated heterocycles. The van der Waals surface area contributed by atoms with Crippen molar-refractivity contribution in [3.05, 3.63) is 0 Å². The van der Waals surface area contributed by atoms with Crippen LogP contribution in [0.25, 0.3) is 0 Å². The predicted octanol–water partition coefficient (Wildman–Crippen LogP) is -5.28. The Morgan fingerprint density at radius 3 is 0.379 bits per heavy atom. The van der Waals surface area contributed by atoms with E-state index in [9.17, 15) is 50.5 Å². The van der Waals surface area contributed by atoms with Crippen LogP contribution in [0.15, 0.2) is 0 Å². The first kappa shape index (κ1) is 43.3. The molecular weight excluding hydrogens is 916 g/mol. The van der Waals surface area contributed by atoms with Crippen LogP contribution in [0.1, 0.15) is 0 Å². The van der Waals surface area contributed by atoms with Gasteiger partial charge < -0.3 is 0 Å². The van der Waals surface area contributed by atoms with Crippen LogP contribution >= 0.6 is 0 Å². The zero-order chi connectivity index (χ0) is 22.2. The molecule has 0 aromatic carbocycles. The summed E-state index contributed by atoms with van der Waals surface area (Å²) in [6, 6.07) is 0. The number of rotatable bonds is 6. The van der Waals surface area contributed by atoms with E-state index in [1.807, 2.05) is 0 Å². The van der Waals surface area contributed by atoms with Crippen molar-refractivity contribution in [3.63, 3.8) is 0 Å². The van der Waals surface area contributed by atoms with Gasteiger partial charge in [0.1, 0.15) is 0 Å². The first-order valence-electron chi connectivity index (χ1n) is 4.51. The van der Waals surface area contributed by atoms with E-state index in [1.54, 1.807) is 0 Å². The van der Waals surface area contributed by atoms with E-state index >= 15 is 0 Å². The second-order valence-corrected chi connectivity index (χ2v) is 14.5. The average Bonchev–Trinajstić information content (AvgIpc) is 1.97. The molecule has 0 fully saturated rings. The molecule has 0 atom stereocenters. The number of hydrogen-bond donors (Lipinski definition) is 6. The molecule has 6 radical (unpaired) electrons. The second-order valence-electron chi connectivity index (χ2n) is 3.67. The van der Waals surface area contributed by atoms with E-state index < -0.39 is 68.5 Å². The summed E-state index contributed by atoms with van der Waals surface area (Å²) in [7, 11) is -33.9. The summed E-state index contributed by atoms with van der Waals surface area (Å²) in [5.74, 6) is 0. The molecule has 0 bridgehead atoms. The van der Waals surface area contributed by atoms with E-state index in [0.29, 0.717) is 0 Å². The Labute approximate surface area is 286 Å². The Balaban J connectivity index is -0.000000120. The minimum atomic E-state index is -5.66. The maximum absolute atomic E-state index is 10.1. The Morgan fingerprint density at radius 1 is 0.310 bits per heavy atom. The van der Waals surface area contributed by atoms with Gasteiger partial charge in [0.2, 0.25) is 0 Å². The summed E-state index contributed by atoms with van der Waals surface area (Å²) in [5, 5.41) is 0. The van der Waals surface area contributed by atoms with E-state index in [0.717, 1.165) is 0 Å². The fraction of sp³-hybridized carbons (Fsp3) is 1.00. The van der Waals surface area contributed by atoms with Crippen molar-refractivity contribution >= 4 is 207 Å². The molecule has 0 saturated carbocycles. The topological polar surface area (TPSA) is 326 Å². The van der Waals surface area contributed by atoms with Gasteiger partial charge in [-0.1, -0.05) is 0 Å². The van der Waals surface area contributed by atoms with Crippen LogP contribution in [0, 0.1) is 0 Å². The van der Waals surface area contributed by atoms with Crippen molar-refractivity contribution in [3.8, 4) is 0 Å². The van der Waals surface area contributed by atoms with Gasteiger partial charge in [-0.25, -0.2) is 0 Å². The van der Waals surface area contributed by atoms with E-state index in [2.05, 4.69) is 0 Å². The third kappa shape index (κ3) is 18.2. The Hall–Kier alpha value is 4.17. The molecule has 0 aromatic rings. The summed E-state index contributed by atoms with van der Waals surface area (Å²) < 4.78 is 162. The molecule has 0 spiro atoms. The largest absolute Gasteiger partial charge is 0.336 e. The first-order valence-corrected chi connectivity index (χ1v) is 13.5. The molecule has 0 amide bonds. The van der Waals surface area contributed by atoms with Gasteiger partial charge in [0.05, 0.1) is 0 Å². The minimum absolute atomic E-state index is 0. The summed E-state index contributed by atoms with van der Waals surface area (Å²) in [6.07, 6.45) is 0. The monoisotopic (exact) mass is 926 g/mol. The smallest absolute Gasteiger partial charge is 0.284 e. The molecule has 27 heteroatoms. The molecule has 0 rings (SSSR count). The van der Waals surface area contributed by atoms with Gasteiger partial charge in [0.15, 0.2) is 0 Å². The van der Waals surface area contributed by atoms with Gasteiger partial charge in [-0.3, -0.25) is 27.3 Å². The number of hydrogen-bond acceptors (Lipinski definition) is 12. The van der Waals surface area contributed by atoms with Crippen LogP contribution in [0.2, 0.25) is 0 Å². The Bertz CT molecular complexity index is 904. The van der Waals surface area contributed by atoms with Crippen molar-refractivity contribution in [2.45, 2.75) is 7.83 Å². The standard InChI is InChI=1S/2CH4O9S3.3Ba/c2*2-11(3,4)1(12(5,6)7)13(8,9)10;;;/h2*1H,(H,2,3,4)(H,5,6,7)(H,8,9,10);;;. The fourth-order valence-corrected chi connectivity index (χ4v) is 8.30. The van der Waals surface area contributed by atoms with Crippen molar-refractivity contribution in [2.75, 3.05) is 0 Å². The van der Waals surface area contributed by atoms with Gasteiger partial charge in [0.25, 0.3) is 0 Å². The maximum Gasteiger partial charge on any atom is 0.336 e. The summed E-state index contributed by atoms with van der Waals surface area (Å²) >= 11 is 0. The van der Waals surface area contributed by atoms with Crippen LogP contribution in [-0.4, -0.2) is 232 Å². The maximum atomic E-state index is 10.1. The third-order valence-electron chi connectivity index (χ3n) is 1.46. The van der Waals surface area contributed by atoms with Crippen LogP contribution in [0.5, 0.6) is 0 Å². The van der Waals surface area contributed by atoms with E-state index in [4.69, 9.17) is 27.3 Å². The van der Waals surface area contributed by atoms with Crippen molar-refractivity contribution in [1.29, 1.82) is 0 Å². The van der Waals surface area contributed by atoms with Crippen molar-refractivity contribution in [1.82, 2.24) is 0 Å². The molecule has 166 valence electrons. The molecule has 0 aromatic heterocycles. The normalized spacial score (nSPS) is 13.2. The fourth-order valence-electron chi connectivity index (χ4n) is 0.922. The van der Waals surface area contributed by atoms with Crippen LogP contribution in [0.3, 0.4) is 0 Å². The van der Waals surface area contributed by atoms with Crippen LogP contribution in [-0.2, 0) is 60.7 Å². The zero-order valence-electron chi connectivity index (χ0n) is 13.3. The van der Waals surface area contributed by atoms with Crippen LogP contribution < -0.4 is 0 Å². The Kier molecular flexibility index (Phi) is 21.9. The Morgan fingerprint density at radius 2 is 0.379 bits per heavy atom. The summed E-state index contributed by atoms with van der Waals surface area (Å²) in [4.78, 5) is 0. The quantitative estimate of drug-likeness (QED) is 0.107. The average molecular weight is 924 g/mol. The molecule has 0 aliphatic carbocycles. The summed E-state index contributed by atoms with van der Waals surface area (Å²) in [6.45, 7) is 0. The third-order valence-corrected chi connectivity index (χ3v) is 13.1. The van der Waals surface area contributed by atoms with Gasteiger partial charge in [0, 0.05) is 147 Å².